The number of benzene rings is 1. The van der Waals surface area contributed by atoms with Gasteiger partial charge in [0.15, 0.2) is 5.41 Å². The highest BCUT2D eigenvalue weighted by atomic mass is 16.4. The van der Waals surface area contributed by atoms with E-state index in [0.29, 0.717) is 11.1 Å². The van der Waals surface area contributed by atoms with Gasteiger partial charge in [0.05, 0.1) is 0 Å². The number of hydrogen-bond acceptors (Lipinski definition) is 2. The first-order chi connectivity index (χ1) is 8.59. The largest absolute Gasteiger partial charge is 0.480 e. The lowest BCUT2D eigenvalue weighted by Gasteiger charge is -2.28. The Morgan fingerprint density at radius 1 is 1.06 bits per heavy atom. The molecular weight excluding hydrogens is 232 g/mol. The van der Waals surface area contributed by atoms with Crippen molar-refractivity contribution in [3.8, 4) is 0 Å². The van der Waals surface area contributed by atoms with E-state index in [0.717, 1.165) is 0 Å². The molecular formula is C14H12O4. The molecule has 0 radical (unpaired) electrons. The molecule has 18 heavy (non-hydrogen) atoms. The SMILES string of the molecule is O=C(O)C1(C(=O)O)CC=CC=C1c1ccccc1. The van der Waals surface area contributed by atoms with Crippen LogP contribution in [0.15, 0.2) is 48.6 Å². The summed E-state index contributed by atoms with van der Waals surface area (Å²) < 4.78 is 0. The summed E-state index contributed by atoms with van der Waals surface area (Å²) in [6, 6.07) is 8.73. The predicted molar refractivity (Wildman–Crippen MR) is 65.9 cm³/mol. The van der Waals surface area contributed by atoms with Gasteiger partial charge in [0.2, 0.25) is 0 Å². The summed E-state index contributed by atoms with van der Waals surface area (Å²) in [5, 5.41) is 18.7. The third kappa shape index (κ3) is 1.72. The van der Waals surface area contributed by atoms with Gasteiger partial charge in [0.1, 0.15) is 0 Å². The molecule has 1 aromatic carbocycles. The predicted octanol–water partition coefficient (Wildman–Crippen LogP) is 2.19. The Balaban J connectivity index is 2.61. The first-order valence-corrected chi connectivity index (χ1v) is 5.48. The van der Waals surface area contributed by atoms with Crippen molar-refractivity contribution in [2.24, 2.45) is 5.41 Å². The number of allylic oxidation sites excluding steroid dienone is 3. The molecule has 0 aromatic heterocycles. The second kappa shape index (κ2) is 4.49. The fourth-order valence-electron chi connectivity index (χ4n) is 2.12. The maximum atomic E-state index is 11.4. The monoisotopic (exact) mass is 244 g/mol. The smallest absolute Gasteiger partial charge is 0.325 e. The summed E-state index contributed by atoms with van der Waals surface area (Å²) in [5.41, 5.74) is -0.965. The summed E-state index contributed by atoms with van der Waals surface area (Å²) in [5.74, 6) is -2.68. The lowest BCUT2D eigenvalue weighted by molar-refractivity contribution is -0.159. The van der Waals surface area contributed by atoms with Crippen LogP contribution in [0.25, 0.3) is 5.57 Å². The Labute approximate surface area is 104 Å². The fourth-order valence-corrected chi connectivity index (χ4v) is 2.12. The Bertz CT molecular complexity index is 526. The maximum absolute atomic E-state index is 11.4. The van der Waals surface area contributed by atoms with Crippen LogP contribution in [0.5, 0.6) is 0 Å². The van der Waals surface area contributed by atoms with Crippen LogP contribution in [0.2, 0.25) is 0 Å². The molecule has 1 aromatic rings. The second-order valence-electron chi connectivity index (χ2n) is 4.09. The van der Waals surface area contributed by atoms with E-state index in [4.69, 9.17) is 0 Å². The number of carboxylic acid groups (broad SMARTS) is 2. The molecule has 1 aliphatic rings. The van der Waals surface area contributed by atoms with Crippen molar-refractivity contribution in [1.29, 1.82) is 0 Å². The summed E-state index contributed by atoms with van der Waals surface area (Å²) >= 11 is 0. The molecule has 1 aliphatic carbocycles. The van der Waals surface area contributed by atoms with Crippen molar-refractivity contribution in [3.05, 3.63) is 54.1 Å². The zero-order valence-electron chi connectivity index (χ0n) is 9.54. The van der Waals surface area contributed by atoms with E-state index in [1.54, 1.807) is 48.6 Å². The van der Waals surface area contributed by atoms with Crippen molar-refractivity contribution in [2.45, 2.75) is 6.42 Å². The molecule has 2 rings (SSSR count). The third-order valence-electron chi connectivity index (χ3n) is 3.10. The van der Waals surface area contributed by atoms with Crippen LogP contribution >= 0.6 is 0 Å². The number of carbonyl (C=O) groups is 2. The molecule has 92 valence electrons. The van der Waals surface area contributed by atoms with E-state index in [-0.39, 0.29) is 6.42 Å². The molecule has 0 bridgehead atoms. The van der Waals surface area contributed by atoms with Crippen molar-refractivity contribution in [1.82, 2.24) is 0 Å². The van der Waals surface area contributed by atoms with Gasteiger partial charge >= 0.3 is 11.9 Å². The molecule has 2 N–H and O–H groups in total. The van der Waals surface area contributed by atoms with Gasteiger partial charge in [-0.15, -0.1) is 0 Å². The number of hydrogen-bond donors (Lipinski definition) is 2. The molecule has 0 fully saturated rings. The number of carboxylic acids is 2. The van der Waals surface area contributed by atoms with Gasteiger partial charge in [-0.2, -0.15) is 0 Å². The summed E-state index contributed by atoms with van der Waals surface area (Å²) in [6.07, 6.45) is 4.76. The quantitative estimate of drug-likeness (QED) is 0.799. The van der Waals surface area contributed by atoms with Gasteiger partial charge < -0.3 is 10.2 Å². The average molecular weight is 244 g/mol. The molecule has 0 amide bonds. The standard InChI is InChI=1S/C14H12O4/c15-12(16)14(13(17)18)9-5-4-8-11(14)10-6-2-1-3-7-10/h1-8H,9H2,(H,15,16)(H,17,18). The van der Waals surface area contributed by atoms with E-state index in [9.17, 15) is 19.8 Å². The normalized spacial score (nSPS) is 17.0. The lowest BCUT2D eigenvalue weighted by atomic mass is 9.72. The molecule has 0 spiro atoms. The van der Waals surface area contributed by atoms with Crippen molar-refractivity contribution in [3.63, 3.8) is 0 Å². The fraction of sp³-hybridized carbons (Fsp3) is 0.143. The highest BCUT2D eigenvalue weighted by Gasteiger charge is 2.50. The van der Waals surface area contributed by atoms with Crippen molar-refractivity contribution in [2.75, 3.05) is 0 Å². The van der Waals surface area contributed by atoms with E-state index in [1.807, 2.05) is 0 Å². The number of rotatable bonds is 3. The minimum Gasteiger partial charge on any atom is -0.480 e. The lowest BCUT2D eigenvalue weighted by Crippen LogP contribution is -2.40. The summed E-state index contributed by atoms with van der Waals surface area (Å²) in [4.78, 5) is 22.9. The Morgan fingerprint density at radius 3 is 2.22 bits per heavy atom. The molecule has 0 aliphatic heterocycles. The molecule has 0 saturated heterocycles. The first-order valence-electron chi connectivity index (χ1n) is 5.48. The molecule has 4 nitrogen and oxygen atoms in total. The van der Waals surface area contributed by atoms with Crippen LogP contribution in [-0.2, 0) is 9.59 Å². The van der Waals surface area contributed by atoms with E-state index >= 15 is 0 Å². The van der Waals surface area contributed by atoms with Crippen LogP contribution in [0, 0.1) is 5.41 Å². The van der Waals surface area contributed by atoms with Crippen molar-refractivity contribution < 1.29 is 19.8 Å². The van der Waals surface area contributed by atoms with Gasteiger partial charge in [-0.25, -0.2) is 0 Å². The Morgan fingerprint density at radius 2 is 1.67 bits per heavy atom. The topological polar surface area (TPSA) is 74.6 Å². The number of aliphatic carboxylic acids is 2. The molecule has 0 atom stereocenters. The first kappa shape index (κ1) is 12.1. The van der Waals surface area contributed by atoms with Gasteiger partial charge in [0, 0.05) is 0 Å². The van der Waals surface area contributed by atoms with Gasteiger partial charge in [-0.1, -0.05) is 48.6 Å². The summed E-state index contributed by atoms with van der Waals surface area (Å²) in [7, 11) is 0. The minimum atomic E-state index is -1.89. The maximum Gasteiger partial charge on any atom is 0.325 e. The van der Waals surface area contributed by atoms with E-state index < -0.39 is 17.4 Å². The second-order valence-corrected chi connectivity index (χ2v) is 4.09. The van der Waals surface area contributed by atoms with Crippen LogP contribution in [0.1, 0.15) is 12.0 Å². The van der Waals surface area contributed by atoms with Gasteiger partial charge in [-0.3, -0.25) is 9.59 Å². The van der Waals surface area contributed by atoms with Crippen LogP contribution < -0.4 is 0 Å². The minimum absolute atomic E-state index is 0.0433. The van der Waals surface area contributed by atoms with Gasteiger partial charge in [-0.05, 0) is 17.6 Å². The Kier molecular flexibility index (Phi) is 3.02. The molecule has 4 heteroatoms. The van der Waals surface area contributed by atoms with E-state index in [2.05, 4.69) is 0 Å². The molecule has 0 saturated carbocycles. The van der Waals surface area contributed by atoms with Crippen LogP contribution in [0.4, 0.5) is 0 Å². The zero-order valence-corrected chi connectivity index (χ0v) is 9.54. The molecule has 0 unspecified atom stereocenters. The highest BCUT2D eigenvalue weighted by molar-refractivity contribution is 6.11. The zero-order chi connectivity index (χ0) is 13.2. The van der Waals surface area contributed by atoms with Gasteiger partial charge in [0.25, 0.3) is 0 Å². The van der Waals surface area contributed by atoms with Crippen LogP contribution in [0.3, 0.4) is 0 Å². The third-order valence-corrected chi connectivity index (χ3v) is 3.10. The average Bonchev–Trinajstić information content (AvgIpc) is 2.39. The molecule has 0 heterocycles. The summed E-state index contributed by atoms with van der Waals surface area (Å²) in [6.45, 7) is 0. The Hall–Kier alpha value is -2.36. The van der Waals surface area contributed by atoms with Crippen LogP contribution in [-0.4, -0.2) is 22.2 Å². The highest BCUT2D eigenvalue weighted by Crippen LogP contribution is 2.41. The van der Waals surface area contributed by atoms with Crippen molar-refractivity contribution >= 4 is 17.5 Å². The van der Waals surface area contributed by atoms with E-state index in [1.165, 1.54) is 0 Å².